The number of thiazole rings is 1. The van der Waals surface area contributed by atoms with Crippen LogP contribution in [0.3, 0.4) is 0 Å². The maximum atomic E-state index is 12.2. The van der Waals surface area contributed by atoms with E-state index in [1.54, 1.807) is 6.20 Å². The van der Waals surface area contributed by atoms with Crippen molar-refractivity contribution in [2.45, 2.75) is 32.2 Å². The summed E-state index contributed by atoms with van der Waals surface area (Å²) in [5.74, 6) is 0. The Bertz CT molecular complexity index is 842. The molecule has 0 fully saturated rings. The Kier molecular flexibility index (Phi) is 5.67. The minimum absolute atomic E-state index is 0.133. The number of H-pyrrole nitrogens is 1. The van der Waals surface area contributed by atoms with E-state index >= 15 is 0 Å². The molecule has 2 aromatic heterocycles. The number of carbonyl (C=O) groups is 1. The number of hydrogen-bond donors (Lipinski definition) is 4. The molecule has 0 aliphatic carbocycles. The quantitative estimate of drug-likeness (QED) is 0.522. The van der Waals surface area contributed by atoms with Gasteiger partial charge in [-0.3, -0.25) is 5.32 Å². The first kappa shape index (κ1) is 17.4. The van der Waals surface area contributed by atoms with Crippen molar-refractivity contribution in [2.75, 3.05) is 11.9 Å². The number of amides is 2. The Balaban J connectivity index is 1.60. The number of hydrogen-bond acceptors (Lipinski definition) is 4. The summed E-state index contributed by atoms with van der Waals surface area (Å²) < 4.78 is 0. The zero-order valence-electron chi connectivity index (χ0n) is 14.1. The molecule has 2 amide bonds. The van der Waals surface area contributed by atoms with Gasteiger partial charge in [0.15, 0.2) is 5.13 Å². The number of aromatic nitrogens is 2. The van der Waals surface area contributed by atoms with E-state index in [1.165, 1.54) is 11.3 Å². The summed E-state index contributed by atoms with van der Waals surface area (Å²) in [5, 5.41) is 16.9. The largest absolute Gasteiger partial charge is 0.394 e. The van der Waals surface area contributed by atoms with Gasteiger partial charge in [0.25, 0.3) is 0 Å². The van der Waals surface area contributed by atoms with E-state index in [0.717, 1.165) is 34.2 Å². The number of aromatic amines is 1. The predicted molar refractivity (Wildman–Crippen MR) is 101 cm³/mol. The van der Waals surface area contributed by atoms with Gasteiger partial charge in [0.2, 0.25) is 0 Å². The topological polar surface area (TPSA) is 90.0 Å². The molecule has 2 heterocycles. The Labute approximate surface area is 150 Å². The van der Waals surface area contributed by atoms with Crippen LogP contribution in [0.1, 0.15) is 23.8 Å². The first-order valence-electron chi connectivity index (χ1n) is 8.37. The smallest absolute Gasteiger partial charge is 0.321 e. The molecule has 1 unspecified atom stereocenters. The van der Waals surface area contributed by atoms with Crippen LogP contribution in [0.2, 0.25) is 0 Å². The van der Waals surface area contributed by atoms with E-state index < -0.39 is 0 Å². The lowest BCUT2D eigenvalue weighted by molar-refractivity contribution is 0.224. The molecule has 1 atom stereocenters. The van der Waals surface area contributed by atoms with Crippen LogP contribution in [-0.2, 0) is 12.8 Å². The SMILES string of the molecule is CCCc1cnc(NC(=O)NC(CO)Cc2c[nH]c3ccccc23)s1. The van der Waals surface area contributed by atoms with Crippen molar-refractivity contribution in [2.24, 2.45) is 0 Å². The number of nitrogens with zero attached hydrogens (tertiary/aromatic N) is 1. The number of aryl methyl sites for hydroxylation is 1. The number of aliphatic hydroxyl groups is 1. The molecule has 3 rings (SSSR count). The van der Waals surface area contributed by atoms with Crippen LogP contribution in [0.25, 0.3) is 10.9 Å². The third-order valence-electron chi connectivity index (χ3n) is 3.97. The molecular weight excluding hydrogens is 336 g/mol. The molecule has 0 saturated carbocycles. The number of carbonyl (C=O) groups excluding carboxylic acids is 1. The molecule has 0 saturated heterocycles. The Morgan fingerprint density at radius 2 is 2.24 bits per heavy atom. The molecule has 0 spiro atoms. The first-order chi connectivity index (χ1) is 12.2. The van der Waals surface area contributed by atoms with Gasteiger partial charge in [0.05, 0.1) is 12.6 Å². The second kappa shape index (κ2) is 8.13. The Morgan fingerprint density at radius 3 is 3.04 bits per heavy atom. The van der Waals surface area contributed by atoms with Crippen molar-refractivity contribution in [3.63, 3.8) is 0 Å². The average Bonchev–Trinajstić information content (AvgIpc) is 3.22. The van der Waals surface area contributed by atoms with E-state index in [1.807, 2.05) is 30.5 Å². The highest BCUT2D eigenvalue weighted by molar-refractivity contribution is 7.15. The number of rotatable bonds is 7. The summed E-state index contributed by atoms with van der Waals surface area (Å²) in [6.45, 7) is 1.97. The second-order valence-electron chi connectivity index (χ2n) is 5.92. The molecule has 0 bridgehead atoms. The number of nitrogens with one attached hydrogen (secondary N) is 3. The maximum absolute atomic E-state index is 12.2. The summed E-state index contributed by atoms with van der Waals surface area (Å²) in [5.41, 5.74) is 2.11. The molecule has 3 aromatic rings. The lowest BCUT2D eigenvalue weighted by atomic mass is 10.1. The molecule has 0 aliphatic rings. The number of para-hydroxylation sites is 1. The normalized spacial score (nSPS) is 12.2. The van der Waals surface area contributed by atoms with Crippen molar-refractivity contribution in [3.05, 3.63) is 47.1 Å². The third kappa shape index (κ3) is 4.37. The van der Waals surface area contributed by atoms with Crippen LogP contribution >= 0.6 is 11.3 Å². The highest BCUT2D eigenvalue weighted by Crippen LogP contribution is 2.20. The minimum Gasteiger partial charge on any atom is -0.394 e. The summed E-state index contributed by atoms with van der Waals surface area (Å²) in [4.78, 5) is 20.7. The van der Waals surface area contributed by atoms with E-state index in [4.69, 9.17) is 0 Å². The van der Waals surface area contributed by atoms with Crippen LogP contribution in [0.15, 0.2) is 36.7 Å². The summed E-state index contributed by atoms with van der Waals surface area (Å²) in [6, 6.07) is 7.26. The highest BCUT2D eigenvalue weighted by atomic mass is 32.1. The van der Waals surface area contributed by atoms with E-state index in [-0.39, 0.29) is 18.7 Å². The van der Waals surface area contributed by atoms with Gasteiger partial charge in [-0.15, -0.1) is 11.3 Å². The Hall–Kier alpha value is -2.38. The molecule has 132 valence electrons. The second-order valence-corrected chi connectivity index (χ2v) is 7.04. The fraction of sp³-hybridized carbons (Fsp3) is 0.333. The molecule has 25 heavy (non-hydrogen) atoms. The number of urea groups is 1. The summed E-state index contributed by atoms with van der Waals surface area (Å²) in [6.07, 6.45) is 6.27. The van der Waals surface area contributed by atoms with Gasteiger partial charge in [0, 0.05) is 28.2 Å². The average molecular weight is 358 g/mol. The molecule has 4 N–H and O–H groups in total. The van der Waals surface area contributed by atoms with Crippen LogP contribution in [0.5, 0.6) is 0 Å². The molecule has 1 aromatic carbocycles. The lowest BCUT2D eigenvalue weighted by Crippen LogP contribution is -2.41. The standard InChI is InChI=1S/C18H22N4O2S/c1-2-5-14-10-20-18(25-14)22-17(24)21-13(11-23)8-12-9-19-16-7-4-3-6-15(12)16/h3-4,6-7,9-10,13,19,23H,2,5,8,11H2,1H3,(H2,20,21,22,24). The first-order valence-corrected chi connectivity index (χ1v) is 9.19. The zero-order valence-corrected chi connectivity index (χ0v) is 14.9. The fourth-order valence-electron chi connectivity index (χ4n) is 2.77. The summed E-state index contributed by atoms with van der Waals surface area (Å²) >= 11 is 1.48. The fourth-order valence-corrected chi connectivity index (χ4v) is 3.68. The van der Waals surface area contributed by atoms with Crippen LogP contribution in [0.4, 0.5) is 9.93 Å². The zero-order chi connectivity index (χ0) is 17.6. The van der Waals surface area contributed by atoms with Gasteiger partial charge in [0.1, 0.15) is 0 Å². The monoisotopic (exact) mass is 358 g/mol. The molecule has 0 aliphatic heterocycles. The van der Waals surface area contributed by atoms with Crippen molar-refractivity contribution in [3.8, 4) is 0 Å². The maximum Gasteiger partial charge on any atom is 0.321 e. The van der Waals surface area contributed by atoms with Crippen LogP contribution in [-0.4, -0.2) is 33.8 Å². The molecular formula is C18H22N4O2S. The molecule has 6 nitrogen and oxygen atoms in total. The number of fused-ring (bicyclic) bond motifs is 1. The van der Waals surface area contributed by atoms with Gasteiger partial charge in [-0.2, -0.15) is 0 Å². The van der Waals surface area contributed by atoms with Crippen LogP contribution in [0, 0.1) is 0 Å². The van der Waals surface area contributed by atoms with Crippen molar-refractivity contribution >= 4 is 33.4 Å². The molecule has 7 heteroatoms. The van der Waals surface area contributed by atoms with Gasteiger partial charge in [-0.05, 0) is 24.5 Å². The minimum atomic E-state index is -0.366. The summed E-state index contributed by atoms with van der Waals surface area (Å²) in [7, 11) is 0. The Morgan fingerprint density at radius 1 is 1.40 bits per heavy atom. The van der Waals surface area contributed by atoms with Gasteiger partial charge in [-0.1, -0.05) is 31.5 Å². The number of anilines is 1. The number of aliphatic hydroxyl groups excluding tert-OH is 1. The van der Waals surface area contributed by atoms with Crippen LogP contribution < -0.4 is 10.6 Å². The van der Waals surface area contributed by atoms with Gasteiger partial charge in [-0.25, -0.2) is 9.78 Å². The molecule has 0 radical (unpaired) electrons. The number of benzene rings is 1. The van der Waals surface area contributed by atoms with E-state index in [9.17, 15) is 9.90 Å². The van der Waals surface area contributed by atoms with Crippen molar-refractivity contribution < 1.29 is 9.90 Å². The lowest BCUT2D eigenvalue weighted by Gasteiger charge is -2.16. The van der Waals surface area contributed by atoms with E-state index in [2.05, 4.69) is 27.5 Å². The van der Waals surface area contributed by atoms with E-state index in [0.29, 0.717) is 11.6 Å². The third-order valence-corrected chi connectivity index (χ3v) is 4.94. The van der Waals surface area contributed by atoms with Crippen molar-refractivity contribution in [1.82, 2.24) is 15.3 Å². The highest BCUT2D eigenvalue weighted by Gasteiger charge is 2.15. The predicted octanol–water partition coefficient (Wildman–Crippen LogP) is 3.30. The van der Waals surface area contributed by atoms with Crippen molar-refractivity contribution in [1.29, 1.82) is 0 Å². The van der Waals surface area contributed by atoms with Gasteiger partial charge < -0.3 is 15.4 Å². The van der Waals surface area contributed by atoms with Gasteiger partial charge >= 0.3 is 6.03 Å².